The van der Waals surface area contributed by atoms with Gasteiger partial charge in [-0.3, -0.25) is 9.69 Å². The van der Waals surface area contributed by atoms with Crippen LogP contribution in [-0.4, -0.2) is 34.7 Å². The van der Waals surface area contributed by atoms with Gasteiger partial charge in [-0.2, -0.15) is 5.26 Å². The molecule has 2 amide bonds. The van der Waals surface area contributed by atoms with E-state index in [-0.39, 0.29) is 12.5 Å². The zero-order valence-electron chi connectivity index (χ0n) is 19.4. The lowest BCUT2D eigenvalue weighted by molar-refractivity contribution is 0.0803. The maximum Gasteiger partial charge on any atom is 0.417 e. The lowest BCUT2D eigenvalue weighted by Crippen LogP contribution is -2.38. The maximum absolute atomic E-state index is 12.8. The third-order valence-corrected chi connectivity index (χ3v) is 5.98. The summed E-state index contributed by atoms with van der Waals surface area (Å²) in [6, 6.07) is 15.6. The number of anilines is 1. The molecule has 9 nitrogen and oxygen atoms in total. The van der Waals surface area contributed by atoms with E-state index >= 15 is 0 Å². The molecule has 36 heavy (non-hydrogen) atoms. The summed E-state index contributed by atoms with van der Waals surface area (Å²) in [6.45, 7) is 4.17. The van der Waals surface area contributed by atoms with E-state index in [0.29, 0.717) is 44.5 Å². The number of nitrogens with zero attached hydrogens (tertiary/aromatic N) is 4. The van der Waals surface area contributed by atoms with Crippen LogP contribution in [0.4, 0.5) is 10.6 Å². The van der Waals surface area contributed by atoms with Gasteiger partial charge in [0.1, 0.15) is 11.3 Å². The molecule has 0 aliphatic carbocycles. The van der Waals surface area contributed by atoms with Crippen molar-refractivity contribution >= 4 is 40.5 Å². The Morgan fingerprint density at radius 1 is 1.22 bits per heavy atom. The lowest BCUT2D eigenvalue weighted by Gasteiger charge is -2.12. The van der Waals surface area contributed by atoms with Crippen LogP contribution < -0.4 is 10.2 Å². The van der Waals surface area contributed by atoms with Gasteiger partial charge in [-0.1, -0.05) is 25.4 Å². The number of benzene rings is 2. The van der Waals surface area contributed by atoms with Crippen molar-refractivity contribution < 1.29 is 18.7 Å². The molecule has 0 spiro atoms. The predicted octanol–water partition coefficient (Wildman–Crippen LogP) is 5.25. The average Bonchev–Trinajstić information content (AvgIpc) is 3.47. The van der Waals surface area contributed by atoms with Crippen LogP contribution in [0.1, 0.15) is 41.3 Å². The number of pyridine rings is 1. The van der Waals surface area contributed by atoms with Crippen LogP contribution in [0.5, 0.6) is 0 Å². The highest BCUT2D eigenvalue weighted by Crippen LogP contribution is 2.31. The second-order valence-corrected chi connectivity index (χ2v) is 9.00. The molecule has 5 rings (SSSR count). The lowest BCUT2D eigenvalue weighted by atomic mass is 10.00. The van der Waals surface area contributed by atoms with Crippen LogP contribution in [0.3, 0.4) is 0 Å². The zero-order valence-corrected chi connectivity index (χ0v) is 20.1. The van der Waals surface area contributed by atoms with Crippen LogP contribution in [-0.2, 0) is 4.74 Å². The second-order valence-electron chi connectivity index (χ2n) is 8.57. The Morgan fingerprint density at radius 3 is 2.67 bits per heavy atom. The molecule has 1 aliphatic rings. The Labute approximate surface area is 211 Å². The topological polar surface area (TPSA) is 121 Å². The van der Waals surface area contributed by atoms with Gasteiger partial charge in [0.05, 0.1) is 23.2 Å². The van der Waals surface area contributed by atoms with Gasteiger partial charge in [-0.15, -0.1) is 0 Å². The van der Waals surface area contributed by atoms with E-state index in [0.717, 1.165) is 5.56 Å². The SMILES string of the molecule is CC(C)c1cc(C#N)cc2nc(-c3ccc(C(=O)NC4CN(c5ccc(Cl)cn5)C(=O)O4)cc3)oc12. The monoisotopic (exact) mass is 501 g/mol. The van der Waals surface area contributed by atoms with Crippen molar-refractivity contribution in [1.82, 2.24) is 15.3 Å². The number of ether oxygens (including phenoxy) is 1. The molecule has 0 radical (unpaired) electrons. The van der Waals surface area contributed by atoms with Crippen molar-refractivity contribution in [1.29, 1.82) is 5.26 Å². The quantitative estimate of drug-likeness (QED) is 0.396. The average molecular weight is 502 g/mol. The van der Waals surface area contributed by atoms with E-state index in [9.17, 15) is 14.9 Å². The van der Waals surface area contributed by atoms with E-state index in [1.807, 2.05) is 19.9 Å². The zero-order chi connectivity index (χ0) is 25.4. The highest BCUT2D eigenvalue weighted by atomic mass is 35.5. The van der Waals surface area contributed by atoms with Gasteiger partial charge in [-0.05, 0) is 54.4 Å². The van der Waals surface area contributed by atoms with Crippen molar-refractivity contribution in [2.75, 3.05) is 11.4 Å². The van der Waals surface area contributed by atoms with Crippen molar-refractivity contribution in [2.24, 2.45) is 0 Å². The molecular weight excluding hydrogens is 482 g/mol. The number of nitriles is 1. The van der Waals surface area contributed by atoms with Gasteiger partial charge >= 0.3 is 6.09 Å². The Bertz CT molecular complexity index is 1510. The third-order valence-electron chi connectivity index (χ3n) is 5.76. The summed E-state index contributed by atoms with van der Waals surface area (Å²) in [6.07, 6.45) is -0.00894. The number of amides is 2. The molecule has 1 fully saturated rings. The van der Waals surface area contributed by atoms with E-state index in [4.69, 9.17) is 20.8 Å². The summed E-state index contributed by atoms with van der Waals surface area (Å²) in [5.41, 5.74) is 3.75. The summed E-state index contributed by atoms with van der Waals surface area (Å²) in [5.74, 6) is 0.531. The molecule has 2 aromatic heterocycles. The minimum atomic E-state index is -0.831. The molecule has 1 unspecified atom stereocenters. The number of nitrogens with one attached hydrogen (secondary N) is 1. The Kier molecular flexibility index (Phi) is 6.04. The summed E-state index contributed by atoms with van der Waals surface area (Å²) in [4.78, 5) is 34.9. The van der Waals surface area contributed by atoms with Crippen LogP contribution in [0.2, 0.25) is 5.02 Å². The van der Waals surface area contributed by atoms with Crippen LogP contribution >= 0.6 is 11.6 Å². The van der Waals surface area contributed by atoms with Crippen molar-refractivity contribution in [2.45, 2.75) is 26.0 Å². The van der Waals surface area contributed by atoms with E-state index < -0.39 is 18.2 Å². The molecule has 1 aliphatic heterocycles. The van der Waals surface area contributed by atoms with Gasteiger partial charge in [-0.25, -0.2) is 14.8 Å². The first kappa shape index (κ1) is 23.3. The first-order chi connectivity index (χ1) is 17.3. The van der Waals surface area contributed by atoms with Crippen LogP contribution in [0.25, 0.3) is 22.6 Å². The fourth-order valence-electron chi connectivity index (χ4n) is 3.92. The molecule has 0 saturated carbocycles. The number of carbonyl (C=O) groups excluding carboxylic acids is 2. The molecule has 4 aromatic rings. The number of aromatic nitrogens is 2. The number of carbonyl (C=O) groups is 2. The maximum atomic E-state index is 12.8. The summed E-state index contributed by atoms with van der Waals surface area (Å²) in [7, 11) is 0. The van der Waals surface area contributed by atoms with Gasteiger partial charge in [0, 0.05) is 22.9 Å². The van der Waals surface area contributed by atoms with Gasteiger partial charge < -0.3 is 14.5 Å². The fraction of sp³-hybridized carbons (Fsp3) is 0.192. The number of hydrogen-bond donors (Lipinski definition) is 1. The van der Waals surface area contributed by atoms with Gasteiger partial charge in [0.25, 0.3) is 5.91 Å². The third kappa shape index (κ3) is 4.46. The molecule has 2 aromatic carbocycles. The van der Waals surface area contributed by atoms with Crippen LogP contribution in [0.15, 0.2) is 59.1 Å². The molecule has 180 valence electrons. The highest BCUT2D eigenvalue weighted by molar-refractivity contribution is 6.30. The van der Waals surface area contributed by atoms with Gasteiger partial charge in [0.2, 0.25) is 5.89 Å². The Balaban J connectivity index is 1.30. The normalized spacial score (nSPS) is 15.2. The molecule has 1 N–H and O–H groups in total. The van der Waals surface area contributed by atoms with E-state index in [2.05, 4.69) is 21.4 Å². The molecule has 10 heteroatoms. The largest absolute Gasteiger partial charge is 0.436 e. The van der Waals surface area contributed by atoms with Gasteiger partial charge in [0.15, 0.2) is 11.8 Å². The predicted molar refractivity (Wildman–Crippen MR) is 133 cm³/mol. The highest BCUT2D eigenvalue weighted by Gasteiger charge is 2.34. The van der Waals surface area contributed by atoms with Crippen molar-refractivity contribution in [3.05, 3.63) is 76.4 Å². The molecular formula is C26H20ClN5O4. The summed E-state index contributed by atoms with van der Waals surface area (Å²) >= 11 is 5.85. The Hall–Kier alpha value is -4.42. The molecule has 3 heterocycles. The number of cyclic esters (lactones) is 1. The fourth-order valence-corrected chi connectivity index (χ4v) is 4.03. The minimum absolute atomic E-state index is 0.114. The van der Waals surface area contributed by atoms with Crippen molar-refractivity contribution in [3.63, 3.8) is 0 Å². The number of halogens is 1. The standard InChI is InChI=1S/C26H20ClN5O4/c1-14(2)19-9-15(11-28)10-20-23(19)36-25(30-20)17-5-3-16(4-6-17)24(33)31-22-13-32(26(34)35-22)21-8-7-18(27)12-29-21/h3-10,12,14,22H,13H2,1-2H3,(H,31,33). The smallest absolute Gasteiger partial charge is 0.417 e. The minimum Gasteiger partial charge on any atom is -0.436 e. The molecule has 0 bridgehead atoms. The second kappa shape index (κ2) is 9.32. The molecule has 1 saturated heterocycles. The molecule has 1 atom stereocenters. The summed E-state index contributed by atoms with van der Waals surface area (Å²) < 4.78 is 11.3. The number of hydrogen-bond acceptors (Lipinski definition) is 7. The summed E-state index contributed by atoms with van der Waals surface area (Å²) in [5, 5.41) is 12.5. The van der Waals surface area contributed by atoms with Crippen molar-refractivity contribution in [3.8, 4) is 17.5 Å². The number of oxazole rings is 1. The number of rotatable bonds is 5. The first-order valence-corrected chi connectivity index (χ1v) is 11.6. The number of fused-ring (bicyclic) bond motifs is 1. The van der Waals surface area contributed by atoms with E-state index in [1.165, 1.54) is 11.1 Å². The van der Waals surface area contributed by atoms with Crippen LogP contribution in [0, 0.1) is 11.3 Å². The van der Waals surface area contributed by atoms with E-state index in [1.54, 1.807) is 42.5 Å². The Morgan fingerprint density at radius 2 is 2.00 bits per heavy atom. The first-order valence-electron chi connectivity index (χ1n) is 11.2.